The second-order valence-corrected chi connectivity index (χ2v) is 5.64. The van der Waals surface area contributed by atoms with Crippen LogP contribution in [0.25, 0.3) is 22.2 Å². The lowest BCUT2D eigenvalue weighted by Crippen LogP contribution is -2.13. The summed E-state index contributed by atoms with van der Waals surface area (Å²) in [6, 6.07) is 27.3. The Morgan fingerprint density at radius 1 is 0.792 bits per heavy atom. The Morgan fingerprint density at radius 3 is 2.33 bits per heavy atom. The van der Waals surface area contributed by atoms with E-state index in [1.807, 2.05) is 72.8 Å². The van der Waals surface area contributed by atoms with E-state index in [9.17, 15) is 4.79 Å². The molecule has 1 heterocycles. The van der Waals surface area contributed by atoms with E-state index in [0.717, 1.165) is 27.8 Å². The van der Waals surface area contributed by atoms with Crippen molar-refractivity contribution < 1.29 is 4.79 Å². The summed E-state index contributed by atoms with van der Waals surface area (Å²) in [4.78, 5) is 16.1. The van der Waals surface area contributed by atoms with Crippen LogP contribution in [-0.4, -0.2) is 10.9 Å². The quantitative estimate of drug-likeness (QED) is 0.544. The molecular formula is C21H16N2O. The summed E-state index contributed by atoms with van der Waals surface area (Å²) < 4.78 is 0. The number of anilines is 1. The topological polar surface area (TPSA) is 44.9 Å². The molecule has 0 fully saturated rings. The zero-order chi connectivity index (χ0) is 16.4. The molecule has 0 aliphatic rings. The Morgan fingerprint density at radius 2 is 1.50 bits per heavy atom. The molecule has 3 nitrogen and oxygen atoms in total. The molecule has 0 aliphatic carbocycles. The van der Waals surface area contributed by atoms with Crippen LogP contribution in [0, 0.1) is 0 Å². The van der Waals surface area contributed by atoms with E-state index < -0.39 is 0 Å². The van der Waals surface area contributed by atoms with Gasteiger partial charge in [0, 0.05) is 33.4 Å². The number of H-pyrrole nitrogens is 1. The number of benzene rings is 3. The van der Waals surface area contributed by atoms with Crippen LogP contribution < -0.4 is 5.32 Å². The molecule has 1 amide bonds. The Balaban J connectivity index is 1.73. The summed E-state index contributed by atoms with van der Waals surface area (Å²) in [6.07, 6.45) is 0. The van der Waals surface area contributed by atoms with Crippen molar-refractivity contribution >= 4 is 22.5 Å². The lowest BCUT2D eigenvalue weighted by molar-refractivity contribution is 0.102. The zero-order valence-electron chi connectivity index (χ0n) is 13.0. The fraction of sp³-hybridized carbons (Fsp3) is 0. The molecule has 0 bridgehead atoms. The number of hydrogen-bond donors (Lipinski definition) is 2. The van der Waals surface area contributed by atoms with Gasteiger partial charge in [0.2, 0.25) is 0 Å². The molecule has 0 radical (unpaired) electrons. The van der Waals surface area contributed by atoms with Crippen molar-refractivity contribution in [3.05, 3.63) is 90.5 Å². The minimum absolute atomic E-state index is 0.115. The summed E-state index contributed by atoms with van der Waals surface area (Å²) in [5, 5.41) is 4.08. The molecule has 1 aromatic heterocycles. The molecule has 0 atom stereocenters. The summed E-state index contributed by atoms with van der Waals surface area (Å²) in [7, 11) is 0. The van der Waals surface area contributed by atoms with Crippen LogP contribution in [0.15, 0.2) is 84.9 Å². The summed E-state index contributed by atoms with van der Waals surface area (Å²) in [5.41, 5.74) is 4.32. The minimum Gasteiger partial charge on any atom is -0.355 e. The average Bonchev–Trinajstić information content (AvgIpc) is 3.06. The maximum absolute atomic E-state index is 12.7. The predicted octanol–water partition coefficient (Wildman–Crippen LogP) is 5.09. The fourth-order valence-corrected chi connectivity index (χ4v) is 2.85. The normalized spacial score (nSPS) is 10.7. The number of hydrogen-bond acceptors (Lipinski definition) is 1. The van der Waals surface area contributed by atoms with Crippen LogP contribution in [0.2, 0.25) is 0 Å². The number of aromatic amines is 1. The van der Waals surface area contributed by atoms with Crippen molar-refractivity contribution in [2.75, 3.05) is 5.32 Å². The fourth-order valence-electron chi connectivity index (χ4n) is 2.85. The molecule has 3 heteroatoms. The van der Waals surface area contributed by atoms with Gasteiger partial charge in [0.05, 0.1) is 0 Å². The van der Waals surface area contributed by atoms with Crippen molar-refractivity contribution in [2.24, 2.45) is 0 Å². The first-order chi connectivity index (χ1) is 11.8. The predicted molar refractivity (Wildman–Crippen MR) is 98.1 cm³/mol. The summed E-state index contributed by atoms with van der Waals surface area (Å²) >= 11 is 0. The highest BCUT2D eigenvalue weighted by atomic mass is 16.1. The monoisotopic (exact) mass is 312 g/mol. The number of fused-ring (bicyclic) bond motifs is 1. The van der Waals surface area contributed by atoms with Gasteiger partial charge in [0.15, 0.2) is 0 Å². The van der Waals surface area contributed by atoms with E-state index in [1.165, 1.54) is 0 Å². The molecular weight excluding hydrogens is 296 g/mol. The Labute approximate surface area is 140 Å². The van der Waals surface area contributed by atoms with Gasteiger partial charge < -0.3 is 10.3 Å². The molecule has 0 saturated carbocycles. The van der Waals surface area contributed by atoms with Gasteiger partial charge in [0.1, 0.15) is 0 Å². The Bertz CT molecular complexity index is 969. The van der Waals surface area contributed by atoms with E-state index in [-0.39, 0.29) is 5.91 Å². The third-order valence-electron chi connectivity index (χ3n) is 4.02. The Hall–Kier alpha value is -3.33. The van der Waals surface area contributed by atoms with Gasteiger partial charge in [-0.05, 0) is 30.3 Å². The third kappa shape index (κ3) is 2.68. The van der Waals surface area contributed by atoms with Gasteiger partial charge in [-0.3, -0.25) is 4.79 Å². The second kappa shape index (κ2) is 6.05. The van der Waals surface area contributed by atoms with Gasteiger partial charge in [-0.25, -0.2) is 0 Å². The van der Waals surface area contributed by atoms with Crippen LogP contribution in [0.4, 0.5) is 5.69 Å². The van der Waals surface area contributed by atoms with E-state index in [4.69, 9.17) is 0 Å². The minimum atomic E-state index is -0.115. The van der Waals surface area contributed by atoms with E-state index in [1.54, 1.807) is 0 Å². The lowest BCUT2D eigenvalue weighted by Gasteiger charge is -2.09. The highest BCUT2D eigenvalue weighted by molar-refractivity contribution is 6.09. The molecule has 24 heavy (non-hydrogen) atoms. The number of rotatable bonds is 3. The smallest absolute Gasteiger partial charge is 0.256 e. The van der Waals surface area contributed by atoms with Crippen molar-refractivity contribution in [3.63, 3.8) is 0 Å². The molecule has 2 N–H and O–H groups in total. The first kappa shape index (κ1) is 14.3. The number of nitrogens with one attached hydrogen (secondary N) is 2. The summed E-state index contributed by atoms with van der Waals surface area (Å²) in [6.45, 7) is 0. The third-order valence-corrected chi connectivity index (χ3v) is 4.02. The van der Waals surface area contributed by atoms with E-state index in [0.29, 0.717) is 5.56 Å². The second-order valence-electron chi connectivity index (χ2n) is 5.64. The first-order valence-corrected chi connectivity index (χ1v) is 7.85. The van der Waals surface area contributed by atoms with Crippen molar-refractivity contribution in [3.8, 4) is 11.3 Å². The zero-order valence-corrected chi connectivity index (χ0v) is 13.0. The van der Waals surface area contributed by atoms with Crippen LogP contribution >= 0.6 is 0 Å². The van der Waals surface area contributed by atoms with E-state index >= 15 is 0 Å². The van der Waals surface area contributed by atoms with Crippen LogP contribution in [0.3, 0.4) is 0 Å². The Kier molecular flexibility index (Phi) is 3.60. The number of carbonyl (C=O) groups excluding carboxylic acids is 1. The van der Waals surface area contributed by atoms with Crippen molar-refractivity contribution in [2.45, 2.75) is 0 Å². The molecule has 116 valence electrons. The highest BCUT2D eigenvalue weighted by Gasteiger charge is 2.14. The molecule has 0 spiro atoms. The van der Waals surface area contributed by atoms with Crippen molar-refractivity contribution in [1.82, 2.24) is 4.98 Å². The maximum Gasteiger partial charge on any atom is 0.256 e. The molecule has 3 aromatic carbocycles. The molecule has 0 saturated heterocycles. The number of carbonyl (C=O) groups is 1. The maximum atomic E-state index is 12.7. The van der Waals surface area contributed by atoms with Crippen molar-refractivity contribution in [1.29, 1.82) is 0 Å². The SMILES string of the molecule is O=C(Nc1ccccc1)c1ccccc1-c1cc2ccccc2[nH]1. The standard InChI is InChI=1S/C21H16N2O/c24-21(22-16-9-2-1-3-10-16)18-12-6-5-11-17(18)20-14-15-8-4-7-13-19(15)23-20/h1-14,23H,(H,22,24). The molecule has 0 aliphatic heterocycles. The van der Waals surface area contributed by atoms with Gasteiger partial charge in [-0.1, -0.05) is 54.6 Å². The summed E-state index contributed by atoms with van der Waals surface area (Å²) in [5.74, 6) is -0.115. The highest BCUT2D eigenvalue weighted by Crippen LogP contribution is 2.27. The van der Waals surface area contributed by atoms with Crippen LogP contribution in [-0.2, 0) is 0 Å². The number of aromatic nitrogens is 1. The van der Waals surface area contributed by atoms with Gasteiger partial charge in [0.25, 0.3) is 5.91 Å². The average molecular weight is 312 g/mol. The number of amides is 1. The first-order valence-electron chi connectivity index (χ1n) is 7.85. The largest absolute Gasteiger partial charge is 0.355 e. The molecule has 4 aromatic rings. The molecule has 0 unspecified atom stereocenters. The van der Waals surface area contributed by atoms with Gasteiger partial charge in [-0.2, -0.15) is 0 Å². The lowest BCUT2D eigenvalue weighted by atomic mass is 10.0. The van der Waals surface area contributed by atoms with Gasteiger partial charge in [-0.15, -0.1) is 0 Å². The van der Waals surface area contributed by atoms with E-state index in [2.05, 4.69) is 22.4 Å². The van der Waals surface area contributed by atoms with Gasteiger partial charge >= 0.3 is 0 Å². The molecule has 4 rings (SSSR count). The van der Waals surface area contributed by atoms with Crippen LogP contribution in [0.5, 0.6) is 0 Å². The number of para-hydroxylation sites is 2. The van der Waals surface area contributed by atoms with Crippen LogP contribution in [0.1, 0.15) is 10.4 Å².